The number of aromatic hydroxyl groups is 1. The van der Waals surface area contributed by atoms with Gasteiger partial charge in [0.2, 0.25) is 0 Å². The van der Waals surface area contributed by atoms with Gasteiger partial charge in [-0.05, 0) is 0 Å². The molecule has 1 fully saturated rings. The second-order valence-electron chi connectivity index (χ2n) is 6.46. The summed E-state index contributed by atoms with van der Waals surface area (Å²) in [5.74, 6) is 0.793. The van der Waals surface area contributed by atoms with E-state index in [-0.39, 0.29) is 29.0 Å². The summed E-state index contributed by atoms with van der Waals surface area (Å²) in [6.45, 7) is 4.52. The summed E-state index contributed by atoms with van der Waals surface area (Å²) in [6.07, 6.45) is 0. The number of ether oxygens (including phenoxy) is 2. The van der Waals surface area contributed by atoms with Crippen molar-refractivity contribution in [2.75, 3.05) is 39.5 Å². The molecule has 0 bridgehead atoms. The van der Waals surface area contributed by atoms with E-state index in [0.29, 0.717) is 23.7 Å². The van der Waals surface area contributed by atoms with Crippen molar-refractivity contribution in [2.24, 2.45) is 0 Å². The Morgan fingerprint density at radius 3 is 2.57 bits per heavy atom. The fraction of sp³-hybridized carbons (Fsp3) is 0.286. The lowest BCUT2D eigenvalue weighted by Crippen LogP contribution is -2.38. The molecule has 1 saturated heterocycles. The topological polar surface area (TPSA) is 72.1 Å². The first kappa shape index (κ1) is 20.2. The number of hydrogen-bond acceptors (Lipinski definition) is 6. The molecule has 7 heteroatoms. The first-order valence-corrected chi connectivity index (χ1v) is 9.00. The van der Waals surface area contributed by atoms with Crippen molar-refractivity contribution in [2.45, 2.75) is 0 Å². The lowest BCUT2D eigenvalue weighted by Gasteiger charge is -2.26. The van der Waals surface area contributed by atoms with Crippen LogP contribution < -0.4 is 10.2 Å². The summed E-state index contributed by atoms with van der Waals surface area (Å²) in [4.78, 5) is 14.7. The lowest BCUT2D eigenvalue weighted by atomic mass is 10.1. The molecule has 0 aliphatic carbocycles. The largest absolute Gasteiger partial charge is 0.507 e. The predicted octanol–water partition coefficient (Wildman–Crippen LogP) is 3.30. The van der Waals surface area contributed by atoms with Crippen LogP contribution in [0.3, 0.4) is 0 Å². The smallest absolute Gasteiger partial charge is 0.197 e. The van der Waals surface area contributed by atoms with Crippen molar-refractivity contribution in [3.8, 4) is 22.8 Å². The van der Waals surface area contributed by atoms with E-state index in [1.54, 1.807) is 6.07 Å². The number of nitrogens with zero attached hydrogens (tertiary/aromatic N) is 1. The van der Waals surface area contributed by atoms with E-state index in [9.17, 15) is 9.90 Å². The van der Waals surface area contributed by atoms with Gasteiger partial charge in [-0.1, -0.05) is 30.3 Å². The van der Waals surface area contributed by atoms with Gasteiger partial charge in [0.15, 0.2) is 5.43 Å². The minimum atomic E-state index is -0.285. The number of phenols is 1. The summed E-state index contributed by atoms with van der Waals surface area (Å²) in [6, 6.07) is 13.9. The van der Waals surface area contributed by atoms with Gasteiger partial charge in [0, 0.05) is 43.4 Å². The maximum Gasteiger partial charge on any atom is 0.197 e. The molecule has 2 heterocycles. The quantitative estimate of drug-likeness (QED) is 0.704. The number of rotatable bonds is 5. The van der Waals surface area contributed by atoms with E-state index < -0.39 is 0 Å². The molecule has 0 atom stereocenters. The Labute approximate surface area is 168 Å². The monoisotopic (exact) mass is 403 g/mol. The second-order valence-corrected chi connectivity index (χ2v) is 6.46. The molecule has 28 heavy (non-hydrogen) atoms. The highest BCUT2D eigenvalue weighted by molar-refractivity contribution is 5.86. The highest BCUT2D eigenvalue weighted by atomic mass is 35.5. The Bertz CT molecular complexity index is 983. The molecular weight excluding hydrogens is 382 g/mol. The molecule has 0 amide bonds. The molecule has 1 aliphatic heterocycles. The minimum absolute atomic E-state index is 0. The molecule has 0 saturated carbocycles. The summed E-state index contributed by atoms with van der Waals surface area (Å²) in [5, 5.41) is 10.4. The van der Waals surface area contributed by atoms with Crippen molar-refractivity contribution < 1.29 is 19.0 Å². The summed E-state index contributed by atoms with van der Waals surface area (Å²) in [5.41, 5.74) is 0.824. The molecule has 148 valence electrons. The SMILES string of the molecule is Cl.O=c1cc(-c2ccccc2)oc2cc(OCCN3CCOCC3)cc(O)c12. The molecule has 0 unspecified atom stereocenters. The van der Waals surface area contributed by atoms with Gasteiger partial charge in [-0.25, -0.2) is 0 Å². The fourth-order valence-electron chi connectivity index (χ4n) is 3.19. The highest BCUT2D eigenvalue weighted by Crippen LogP contribution is 2.31. The number of benzene rings is 2. The van der Waals surface area contributed by atoms with Crippen LogP contribution in [0.1, 0.15) is 0 Å². The molecule has 1 aromatic heterocycles. The minimum Gasteiger partial charge on any atom is -0.507 e. The van der Waals surface area contributed by atoms with Crippen molar-refractivity contribution in [3.63, 3.8) is 0 Å². The zero-order chi connectivity index (χ0) is 18.6. The van der Waals surface area contributed by atoms with E-state index in [1.807, 2.05) is 30.3 Å². The van der Waals surface area contributed by atoms with Gasteiger partial charge in [0.1, 0.15) is 34.8 Å². The number of phenolic OH excluding ortho intramolecular Hbond substituents is 1. The Balaban J connectivity index is 0.00000225. The molecule has 0 radical (unpaired) electrons. The average molecular weight is 404 g/mol. The third-order valence-corrected chi connectivity index (χ3v) is 4.62. The van der Waals surface area contributed by atoms with E-state index >= 15 is 0 Å². The molecule has 3 aromatic rings. The molecule has 0 spiro atoms. The van der Waals surface area contributed by atoms with Crippen molar-refractivity contribution in [3.05, 3.63) is 58.8 Å². The Kier molecular flexibility index (Phi) is 6.57. The normalized spacial score (nSPS) is 14.6. The van der Waals surface area contributed by atoms with Gasteiger partial charge in [0.25, 0.3) is 0 Å². The third-order valence-electron chi connectivity index (χ3n) is 4.62. The molecule has 1 N–H and O–H groups in total. The van der Waals surface area contributed by atoms with Crippen LogP contribution in [0.2, 0.25) is 0 Å². The highest BCUT2D eigenvalue weighted by Gasteiger charge is 2.14. The summed E-state index contributed by atoms with van der Waals surface area (Å²) in [7, 11) is 0. The first-order chi connectivity index (χ1) is 13.2. The average Bonchev–Trinajstić information content (AvgIpc) is 2.69. The van der Waals surface area contributed by atoms with E-state index in [1.165, 1.54) is 12.1 Å². The standard InChI is InChI=1S/C21H21NO5.ClH/c23-17-12-16(26-11-8-22-6-9-25-10-7-22)13-20-21(17)18(24)14-19(27-20)15-4-2-1-3-5-15;/h1-5,12-14,23H,6-11H2;1H. The van der Waals surface area contributed by atoms with Crippen molar-refractivity contribution in [1.82, 2.24) is 4.90 Å². The van der Waals surface area contributed by atoms with Crippen molar-refractivity contribution >= 4 is 23.4 Å². The maximum atomic E-state index is 12.4. The predicted molar refractivity (Wildman–Crippen MR) is 110 cm³/mol. The van der Waals surface area contributed by atoms with Gasteiger partial charge in [-0.2, -0.15) is 0 Å². The first-order valence-electron chi connectivity index (χ1n) is 9.00. The van der Waals surface area contributed by atoms with Crippen LogP contribution in [0.4, 0.5) is 0 Å². The molecule has 1 aliphatic rings. The van der Waals surface area contributed by atoms with Crippen molar-refractivity contribution in [1.29, 1.82) is 0 Å². The van der Waals surface area contributed by atoms with Gasteiger partial charge in [0.05, 0.1) is 13.2 Å². The van der Waals surface area contributed by atoms with Gasteiger partial charge in [-0.3, -0.25) is 9.69 Å². The summed E-state index contributed by atoms with van der Waals surface area (Å²) < 4.78 is 17.0. The second kappa shape index (κ2) is 9.10. The fourth-order valence-corrected chi connectivity index (χ4v) is 3.19. The van der Waals surface area contributed by atoms with Crippen LogP contribution in [0.25, 0.3) is 22.3 Å². The van der Waals surface area contributed by atoms with Crippen LogP contribution in [-0.4, -0.2) is 49.5 Å². The summed E-state index contributed by atoms with van der Waals surface area (Å²) >= 11 is 0. The Hall–Kier alpha value is -2.54. The van der Waals surface area contributed by atoms with E-state index in [0.717, 1.165) is 38.4 Å². The van der Waals surface area contributed by atoms with E-state index in [4.69, 9.17) is 13.9 Å². The Morgan fingerprint density at radius 1 is 1.07 bits per heavy atom. The number of morpholine rings is 1. The lowest BCUT2D eigenvalue weighted by molar-refractivity contribution is 0.0322. The van der Waals surface area contributed by atoms with Gasteiger partial charge < -0.3 is 19.0 Å². The van der Waals surface area contributed by atoms with Crippen LogP contribution in [0.5, 0.6) is 11.5 Å². The zero-order valence-electron chi connectivity index (χ0n) is 15.3. The maximum absolute atomic E-state index is 12.4. The van der Waals surface area contributed by atoms with Crippen LogP contribution >= 0.6 is 12.4 Å². The van der Waals surface area contributed by atoms with Gasteiger partial charge in [-0.15, -0.1) is 12.4 Å². The number of fused-ring (bicyclic) bond motifs is 1. The third kappa shape index (κ3) is 4.47. The van der Waals surface area contributed by atoms with E-state index in [2.05, 4.69) is 4.90 Å². The number of hydrogen-bond donors (Lipinski definition) is 1. The molecule has 2 aromatic carbocycles. The molecule has 4 rings (SSSR count). The van der Waals surface area contributed by atoms with Crippen LogP contribution in [0, 0.1) is 0 Å². The van der Waals surface area contributed by atoms with Crippen LogP contribution in [-0.2, 0) is 4.74 Å². The zero-order valence-corrected chi connectivity index (χ0v) is 16.1. The Morgan fingerprint density at radius 2 is 1.82 bits per heavy atom. The molecular formula is C21H22ClNO5. The van der Waals surface area contributed by atoms with Gasteiger partial charge >= 0.3 is 0 Å². The van der Waals surface area contributed by atoms with Crippen LogP contribution in [0.15, 0.2) is 57.7 Å². The number of halogens is 1. The molecule has 6 nitrogen and oxygen atoms in total.